The molecule has 0 spiro atoms. The van der Waals surface area contributed by atoms with Gasteiger partial charge in [-0.05, 0) is 29.8 Å². The topological polar surface area (TPSA) is 116 Å². The van der Waals surface area contributed by atoms with Crippen molar-refractivity contribution < 1.29 is 23.3 Å². The molecule has 2 heterocycles. The average Bonchev–Trinajstić information content (AvgIpc) is 2.77. The van der Waals surface area contributed by atoms with Crippen LogP contribution >= 0.6 is 0 Å². The van der Waals surface area contributed by atoms with Crippen molar-refractivity contribution in [2.75, 3.05) is 31.2 Å². The minimum atomic E-state index is -1.66. The van der Waals surface area contributed by atoms with Gasteiger partial charge in [-0.2, -0.15) is 0 Å². The number of likely N-dealkylation sites (N-methyl/N-ethyl adjacent to an activating group) is 1. The summed E-state index contributed by atoms with van der Waals surface area (Å²) in [6, 6.07) is 8.78. The number of halogens is 1. The lowest BCUT2D eigenvalue weighted by atomic mass is 10.1. The van der Waals surface area contributed by atoms with E-state index in [0.717, 1.165) is 0 Å². The second-order valence-corrected chi connectivity index (χ2v) is 8.38. The number of hydrogen-bond acceptors (Lipinski definition) is 6. The van der Waals surface area contributed by atoms with Gasteiger partial charge in [0.25, 0.3) is 5.91 Å². The van der Waals surface area contributed by atoms with E-state index in [2.05, 4.69) is 15.3 Å². The van der Waals surface area contributed by atoms with Crippen molar-refractivity contribution in [1.29, 1.82) is 0 Å². The highest BCUT2D eigenvalue weighted by Crippen LogP contribution is 2.33. The van der Waals surface area contributed by atoms with E-state index in [1.807, 2.05) is 0 Å². The van der Waals surface area contributed by atoms with Gasteiger partial charge in [0.05, 0.1) is 0 Å². The molecule has 0 aliphatic rings. The molecule has 0 radical (unpaired) electrons. The first kappa shape index (κ1) is 23.1. The van der Waals surface area contributed by atoms with Gasteiger partial charge >= 0.3 is 0 Å². The minimum absolute atomic E-state index is 0.0678. The molecule has 168 valence electrons. The van der Waals surface area contributed by atoms with Gasteiger partial charge in [0.1, 0.15) is 28.9 Å². The number of carbonyl (C=O) groups is 2. The summed E-state index contributed by atoms with van der Waals surface area (Å²) < 4.78 is 26.8. The van der Waals surface area contributed by atoms with Crippen LogP contribution in [0.4, 0.5) is 10.2 Å². The van der Waals surface area contributed by atoms with Crippen LogP contribution in [0, 0.1) is 5.82 Å². The fourth-order valence-corrected chi connectivity index (χ4v) is 3.55. The quantitative estimate of drug-likeness (QED) is 0.555. The van der Waals surface area contributed by atoms with E-state index in [1.165, 1.54) is 45.9 Å². The molecule has 1 aromatic carbocycles. The van der Waals surface area contributed by atoms with Crippen molar-refractivity contribution in [3.05, 3.63) is 59.7 Å². The number of benzene rings is 1. The zero-order valence-electron chi connectivity index (χ0n) is 17.7. The number of anilines is 1. The van der Waals surface area contributed by atoms with Crippen LogP contribution < -0.4 is 9.62 Å². The molecule has 3 rings (SSSR count). The van der Waals surface area contributed by atoms with Crippen molar-refractivity contribution in [1.82, 2.24) is 20.2 Å². The number of carbonyl (C=O) groups excluding carboxylic acids is 2. The maximum Gasteiger partial charge on any atom is 0.274 e. The van der Waals surface area contributed by atoms with Crippen molar-refractivity contribution >= 4 is 39.5 Å². The Morgan fingerprint density at radius 2 is 1.88 bits per heavy atom. The first-order valence-electron chi connectivity index (χ1n) is 9.50. The Morgan fingerprint density at radius 1 is 1.19 bits per heavy atom. The first-order chi connectivity index (χ1) is 15.2. The summed E-state index contributed by atoms with van der Waals surface area (Å²) >= 11 is 0. The molecule has 0 bridgehead atoms. The van der Waals surface area contributed by atoms with Crippen LogP contribution in [0.15, 0.2) is 42.6 Å². The molecule has 2 N–H and O–H groups in total. The first-order valence-corrected chi connectivity index (χ1v) is 11.0. The molecule has 1 unspecified atom stereocenters. The summed E-state index contributed by atoms with van der Waals surface area (Å²) in [4.78, 5) is 34.8. The summed E-state index contributed by atoms with van der Waals surface area (Å²) in [7, 11) is 1.47. The van der Waals surface area contributed by atoms with Crippen molar-refractivity contribution in [2.45, 2.75) is 6.54 Å². The summed E-state index contributed by atoms with van der Waals surface area (Å²) in [6.45, 7) is -0.188. The molecule has 0 fully saturated rings. The van der Waals surface area contributed by atoms with E-state index >= 15 is 0 Å². The lowest BCUT2D eigenvalue weighted by Crippen LogP contribution is -2.38. The van der Waals surface area contributed by atoms with Crippen molar-refractivity contribution in [3.63, 3.8) is 0 Å². The monoisotopic (exact) mass is 459 g/mol. The van der Waals surface area contributed by atoms with Crippen LogP contribution in [0.2, 0.25) is 0 Å². The van der Waals surface area contributed by atoms with E-state index in [1.54, 1.807) is 26.2 Å². The molecule has 2 aromatic heterocycles. The third-order valence-corrected chi connectivity index (χ3v) is 5.54. The highest BCUT2D eigenvalue weighted by atomic mass is 32.2. The van der Waals surface area contributed by atoms with E-state index in [4.69, 9.17) is 0 Å². The SMILES string of the molecule is CN(C)C(=O)CN(c1nc(C(=O)NCc2ccc(F)cc2)c(O)c2ncccc12)S(C)=O. The molecule has 2 amide bonds. The molecule has 0 aliphatic carbocycles. The van der Waals surface area contributed by atoms with Gasteiger partial charge in [-0.25, -0.2) is 13.6 Å². The lowest BCUT2D eigenvalue weighted by molar-refractivity contribution is -0.127. The van der Waals surface area contributed by atoms with Crippen LogP contribution in [-0.2, 0) is 22.3 Å². The molecule has 0 saturated carbocycles. The van der Waals surface area contributed by atoms with Crippen LogP contribution in [0.1, 0.15) is 16.1 Å². The number of hydrogen-bond donors (Lipinski definition) is 2. The third kappa shape index (κ3) is 4.99. The number of fused-ring (bicyclic) bond motifs is 1. The lowest BCUT2D eigenvalue weighted by Gasteiger charge is -2.24. The third-order valence-electron chi connectivity index (χ3n) is 4.62. The van der Waals surface area contributed by atoms with Crippen LogP contribution in [-0.4, -0.2) is 62.9 Å². The van der Waals surface area contributed by atoms with Crippen LogP contribution in [0.3, 0.4) is 0 Å². The Bertz CT molecular complexity index is 1190. The van der Waals surface area contributed by atoms with Gasteiger partial charge in [0, 0.05) is 38.5 Å². The number of pyridine rings is 2. The maximum absolute atomic E-state index is 13.1. The molecular formula is C21H22FN5O4S. The number of amides is 2. The van der Waals surface area contributed by atoms with E-state index in [-0.39, 0.29) is 36.0 Å². The second-order valence-electron chi connectivity index (χ2n) is 7.09. The summed E-state index contributed by atoms with van der Waals surface area (Å²) in [5.41, 5.74) is 0.393. The predicted molar refractivity (Wildman–Crippen MR) is 119 cm³/mol. The van der Waals surface area contributed by atoms with Gasteiger partial charge in [-0.15, -0.1) is 0 Å². The summed E-state index contributed by atoms with van der Waals surface area (Å²) in [6.07, 6.45) is 2.82. The van der Waals surface area contributed by atoms with Gasteiger partial charge in [-0.3, -0.25) is 18.9 Å². The van der Waals surface area contributed by atoms with E-state index in [9.17, 15) is 23.3 Å². The fourth-order valence-electron chi connectivity index (χ4n) is 2.87. The average molecular weight is 460 g/mol. The minimum Gasteiger partial charge on any atom is -0.504 e. The summed E-state index contributed by atoms with van der Waals surface area (Å²) in [5, 5.41) is 13.6. The molecular weight excluding hydrogens is 437 g/mol. The van der Waals surface area contributed by atoms with Gasteiger partial charge in [0.15, 0.2) is 17.3 Å². The molecule has 0 saturated heterocycles. The number of nitrogens with one attached hydrogen (secondary N) is 1. The highest BCUT2D eigenvalue weighted by Gasteiger charge is 2.26. The van der Waals surface area contributed by atoms with Crippen LogP contribution in [0.25, 0.3) is 10.9 Å². The van der Waals surface area contributed by atoms with E-state index in [0.29, 0.717) is 10.9 Å². The Balaban J connectivity index is 2.02. The normalized spacial score (nSPS) is 11.8. The predicted octanol–water partition coefficient (Wildman–Crippen LogP) is 1.59. The molecule has 9 nitrogen and oxygen atoms in total. The van der Waals surface area contributed by atoms with Crippen LogP contribution in [0.5, 0.6) is 5.75 Å². The molecule has 32 heavy (non-hydrogen) atoms. The Kier molecular flexibility index (Phi) is 6.98. The molecule has 11 heteroatoms. The molecule has 0 aliphatic heterocycles. The zero-order valence-corrected chi connectivity index (χ0v) is 18.5. The number of rotatable bonds is 7. The second kappa shape index (κ2) is 9.69. The Morgan fingerprint density at radius 3 is 2.50 bits per heavy atom. The Labute approximate surface area is 186 Å². The standard InChI is InChI=1S/C21H22FN5O4S/c1-26(2)16(28)12-27(32(3)31)20-15-5-4-10-23-17(15)19(29)18(25-20)21(30)24-11-13-6-8-14(22)9-7-13/h4-10,29H,11-12H2,1-3H3,(H,24,30). The van der Waals surface area contributed by atoms with Gasteiger partial charge in [0.2, 0.25) is 5.91 Å². The number of aromatic hydroxyl groups is 1. The molecule has 3 aromatic rings. The largest absolute Gasteiger partial charge is 0.504 e. The van der Waals surface area contributed by atoms with Gasteiger partial charge in [-0.1, -0.05) is 12.1 Å². The smallest absolute Gasteiger partial charge is 0.274 e. The zero-order chi connectivity index (χ0) is 23.4. The fraction of sp³-hybridized carbons (Fsp3) is 0.238. The van der Waals surface area contributed by atoms with Gasteiger partial charge < -0.3 is 15.3 Å². The van der Waals surface area contributed by atoms with Crippen molar-refractivity contribution in [2.24, 2.45) is 0 Å². The highest BCUT2D eigenvalue weighted by molar-refractivity contribution is 7.85. The van der Waals surface area contributed by atoms with E-state index < -0.39 is 28.5 Å². The summed E-state index contributed by atoms with van der Waals surface area (Å²) in [5.74, 6) is -1.80. The maximum atomic E-state index is 13.1. The number of aromatic nitrogens is 2. The van der Waals surface area contributed by atoms with Crippen molar-refractivity contribution in [3.8, 4) is 5.75 Å². The number of nitrogens with zero attached hydrogens (tertiary/aromatic N) is 4. The molecule has 1 atom stereocenters. The Hall–Kier alpha value is -3.60.